The number of pyridine rings is 1. The van der Waals surface area contributed by atoms with Gasteiger partial charge >= 0.3 is 6.09 Å². The quantitative estimate of drug-likeness (QED) is 0.890. The molecule has 1 N–H and O–H groups in total. The molecule has 1 aromatic rings. The van der Waals surface area contributed by atoms with E-state index in [0.717, 1.165) is 18.9 Å². The second kappa shape index (κ2) is 8.15. The molecule has 1 aliphatic rings. The van der Waals surface area contributed by atoms with Crippen molar-refractivity contribution < 1.29 is 19.1 Å². The molecule has 2 heterocycles. The molecule has 0 aliphatic carbocycles. The number of morpholine rings is 1. The second-order valence-corrected chi connectivity index (χ2v) is 6.89. The van der Waals surface area contributed by atoms with Gasteiger partial charge in [0.15, 0.2) is 0 Å². The summed E-state index contributed by atoms with van der Waals surface area (Å²) in [5.74, 6) is 0.543. The first-order valence-electron chi connectivity index (χ1n) is 8.27. The van der Waals surface area contributed by atoms with E-state index in [0.29, 0.717) is 18.9 Å². The van der Waals surface area contributed by atoms with Crippen molar-refractivity contribution >= 4 is 23.5 Å². The molecule has 2 amide bonds. The average Bonchev–Trinajstić information content (AvgIpc) is 2.54. The number of aromatic nitrogens is 1. The summed E-state index contributed by atoms with van der Waals surface area (Å²) in [5, 5.41) is 2.73. The number of rotatable bonds is 4. The van der Waals surface area contributed by atoms with Crippen LogP contribution in [-0.4, -0.2) is 67.4 Å². The highest BCUT2D eigenvalue weighted by Crippen LogP contribution is 2.15. The standard InChI is InChI=1S/C17H26N4O4/c1-17(2,3)25-16(23)20(4)12-15(22)19-13-5-6-14(18-11-13)21-7-9-24-10-8-21/h5-6,11H,7-10,12H2,1-4H3,(H,19,22). The average molecular weight is 350 g/mol. The third-order valence-corrected chi connectivity index (χ3v) is 3.45. The van der Waals surface area contributed by atoms with Crippen molar-refractivity contribution in [2.45, 2.75) is 26.4 Å². The summed E-state index contributed by atoms with van der Waals surface area (Å²) in [4.78, 5) is 31.7. The first kappa shape index (κ1) is 19.0. The molecule has 0 aromatic carbocycles. The molecule has 8 heteroatoms. The predicted octanol–water partition coefficient (Wildman–Crippen LogP) is 1.72. The summed E-state index contributed by atoms with van der Waals surface area (Å²) in [5.41, 5.74) is -0.0132. The Balaban J connectivity index is 1.84. The molecule has 1 fully saturated rings. The molecule has 0 saturated carbocycles. The molecule has 1 aliphatic heterocycles. The minimum Gasteiger partial charge on any atom is -0.444 e. The number of likely N-dealkylation sites (N-methyl/N-ethyl adjacent to an activating group) is 1. The maximum absolute atomic E-state index is 12.1. The molecule has 0 radical (unpaired) electrons. The second-order valence-electron chi connectivity index (χ2n) is 6.89. The molecule has 8 nitrogen and oxygen atoms in total. The molecular weight excluding hydrogens is 324 g/mol. The Kier molecular flexibility index (Phi) is 6.19. The number of hydrogen-bond donors (Lipinski definition) is 1. The number of anilines is 2. The summed E-state index contributed by atoms with van der Waals surface area (Å²) in [6, 6.07) is 3.65. The zero-order chi connectivity index (χ0) is 18.4. The summed E-state index contributed by atoms with van der Waals surface area (Å²) < 4.78 is 10.5. The Morgan fingerprint density at radius 2 is 2.00 bits per heavy atom. The molecule has 2 rings (SSSR count). The van der Waals surface area contributed by atoms with Crippen LogP contribution >= 0.6 is 0 Å². The van der Waals surface area contributed by atoms with Crippen LogP contribution in [0.25, 0.3) is 0 Å². The van der Waals surface area contributed by atoms with Gasteiger partial charge in [0, 0.05) is 20.1 Å². The zero-order valence-electron chi connectivity index (χ0n) is 15.2. The van der Waals surface area contributed by atoms with Crippen molar-refractivity contribution in [3.05, 3.63) is 18.3 Å². The minimum atomic E-state index is -0.596. The van der Waals surface area contributed by atoms with E-state index in [-0.39, 0.29) is 12.5 Å². The normalized spacial score (nSPS) is 14.8. The number of nitrogens with one attached hydrogen (secondary N) is 1. The van der Waals surface area contributed by atoms with Crippen LogP contribution in [0.15, 0.2) is 18.3 Å². The van der Waals surface area contributed by atoms with Gasteiger partial charge in [0.05, 0.1) is 25.1 Å². The number of carbonyl (C=O) groups excluding carboxylic acids is 2. The Morgan fingerprint density at radius 1 is 1.32 bits per heavy atom. The summed E-state index contributed by atoms with van der Waals surface area (Å²) in [7, 11) is 1.52. The Bertz CT molecular complexity index is 592. The molecule has 25 heavy (non-hydrogen) atoms. The molecular formula is C17H26N4O4. The third kappa shape index (κ3) is 6.22. The van der Waals surface area contributed by atoms with E-state index in [1.807, 2.05) is 6.07 Å². The van der Waals surface area contributed by atoms with Gasteiger partial charge in [0.25, 0.3) is 0 Å². The predicted molar refractivity (Wildman–Crippen MR) is 94.8 cm³/mol. The van der Waals surface area contributed by atoms with Gasteiger partial charge in [-0.25, -0.2) is 9.78 Å². The van der Waals surface area contributed by atoms with E-state index in [9.17, 15) is 9.59 Å². The lowest BCUT2D eigenvalue weighted by atomic mass is 10.2. The van der Waals surface area contributed by atoms with Gasteiger partial charge < -0.3 is 24.6 Å². The number of carbonyl (C=O) groups is 2. The number of ether oxygens (including phenoxy) is 2. The van der Waals surface area contributed by atoms with Crippen molar-refractivity contribution in [2.75, 3.05) is 50.1 Å². The van der Waals surface area contributed by atoms with Crippen molar-refractivity contribution in [3.8, 4) is 0 Å². The van der Waals surface area contributed by atoms with Crippen LogP contribution in [0.1, 0.15) is 20.8 Å². The van der Waals surface area contributed by atoms with Crippen LogP contribution in [0.3, 0.4) is 0 Å². The fraction of sp³-hybridized carbons (Fsp3) is 0.588. The monoisotopic (exact) mass is 350 g/mol. The first-order valence-corrected chi connectivity index (χ1v) is 8.27. The van der Waals surface area contributed by atoms with Crippen LogP contribution < -0.4 is 10.2 Å². The van der Waals surface area contributed by atoms with E-state index < -0.39 is 11.7 Å². The number of hydrogen-bond acceptors (Lipinski definition) is 6. The van der Waals surface area contributed by atoms with Crippen molar-refractivity contribution in [2.24, 2.45) is 0 Å². The van der Waals surface area contributed by atoms with Crippen LogP contribution in [0.5, 0.6) is 0 Å². The van der Waals surface area contributed by atoms with Crippen molar-refractivity contribution in [3.63, 3.8) is 0 Å². The molecule has 0 spiro atoms. The van der Waals surface area contributed by atoms with E-state index in [2.05, 4.69) is 15.2 Å². The molecule has 0 bridgehead atoms. The molecule has 0 unspecified atom stereocenters. The van der Waals surface area contributed by atoms with E-state index in [1.165, 1.54) is 11.9 Å². The van der Waals surface area contributed by atoms with Crippen molar-refractivity contribution in [1.29, 1.82) is 0 Å². The van der Waals surface area contributed by atoms with E-state index in [4.69, 9.17) is 9.47 Å². The van der Waals surface area contributed by atoms with Gasteiger partial charge in [0.1, 0.15) is 18.0 Å². The van der Waals surface area contributed by atoms with Crippen LogP contribution in [0, 0.1) is 0 Å². The van der Waals surface area contributed by atoms with Gasteiger partial charge in [-0.3, -0.25) is 4.79 Å². The topological polar surface area (TPSA) is 84.0 Å². The summed E-state index contributed by atoms with van der Waals surface area (Å²) in [6.07, 6.45) is 1.07. The lowest BCUT2D eigenvalue weighted by Gasteiger charge is -2.27. The Hall–Kier alpha value is -2.35. The number of nitrogens with zero attached hydrogens (tertiary/aromatic N) is 3. The maximum atomic E-state index is 12.1. The Labute approximate surface area is 148 Å². The van der Waals surface area contributed by atoms with Gasteiger partial charge in [-0.1, -0.05) is 0 Å². The first-order chi connectivity index (χ1) is 11.7. The van der Waals surface area contributed by atoms with Gasteiger partial charge in [-0.15, -0.1) is 0 Å². The molecule has 1 saturated heterocycles. The SMILES string of the molecule is CN(CC(=O)Nc1ccc(N2CCOCC2)nc1)C(=O)OC(C)(C)C. The maximum Gasteiger partial charge on any atom is 0.410 e. The molecule has 138 valence electrons. The smallest absolute Gasteiger partial charge is 0.410 e. The van der Waals surface area contributed by atoms with Crippen LogP contribution in [0.4, 0.5) is 16.3 Å². The van der Waals surface area contributed by atoms with Gasteiger partial charge in [-0.2, -0.15) is 0 Å². The largest absolute Gasteiger partial charge is 0.444 e. The highest BCUT2D eigenvalue weighted by atomic mass is 16.6. The minimum absolute atomic E-state index is 0.0971. The summed E-state index contributed by atoms with van der Waals surface area (Å²) >= 11 is 0. The highest BCUT2D eigenvalue weighted by molar-refractivity contribution is 5.93. The lowest BCUT2D eigenvalue weighted by molar-refractivity contribution is -0.117. The van der Waals surface area contributed by atoms with E-state index >= 15 is 0 Å². The molecule has 1 aromatic heterocycles. The summed E-state index contributed by atoms with van der Waals surface area (Å²) in [6.45, 7) is 8.23. The fourth-order valence-corrected chi connectivity index (χ4v) is 2.26. The van der Waals surface area contributed by atoms with E-state index in [1.54, 1.807) is 33.0 Å². The zero-order valence-corrected chi connectivity index (χ0v) is 15.2. The third-order valence-electron chi connectivity index (χ3n) is 3.45. The lowest BCUT2D eigenvalue weighted by Crippen LogP contribution is -2.38. The van der Waals surface area contributed by atoms with Gasteiger partial charge in [-0.05, 0) is 32.9 Å². The van der Waals surface area contributed by atoms with Crippen molar-refractivity contribution in [1.82, 2.24) is 9.88 Å². The number of amides is 2. The van der Waals surface area contributed by atoms with Gasteiger partial charge in [0.2, 0.25) is 5.91 Å². The highest BCUT2D eigenvalue weighted by Gasteiger charge is 2.21. The van der Waals surface area contributed by atoms with Crippen LogP contribution in [-0.2, 0) is 14.3 Å². The fourth-order valence-electron chi connectivity index (χ4n) is 2.26. The molecule has 0 atom stereocenters. The van der Waals surface area contributed by atoms with Crippen LogP contribution in [0.2, 0.25) is 0 Å². The Morgan fingerprint density at radius 3 is 2.56 bits per heavy atom.